The van der Waals surface area contributed by atoms with Crippen LogP contribution in [0.1, 0.15) is 87.6 Å². The van der Waals surface area contributed by atoms with E-state index in [0.29, 0.717) is 5.89 Å². The van der Waals surface area contributed by atoms with Crippen LogP contribution in [0, 0.1) is 5.92 Å². The molecular formula is C20H27N3O2. The largest absolute Gasteiger partial charge is 0.383 e. The summed E-state index contributed by atoms with van der Waals surface area (Å²) in [6.45, 7) is 0. The summed E-state index contributed by atoms with van der Waals surface area (Å²) in [5.41, 5.74) is 1.03. The number of nitrogens with zero attached hydrogens (tertiary/aromatic N) is 3. The van der Waals surface area contributed by atoms with Gasteiger partial charge in [-0.05, 0) is 49.3 Å². The van der Waals surface area contributed by atoms with Crippen LogP contribution in [0.4, 0.5) is 0 Å². The first-order valence-corrected chi connectivity index (χ1v) is 9.72. The third kappa shape index (κ3) is 3.22. The fourth-order valence-electron chi connectivity index (χ4n) is 4.40. The molecule has 0 aromatic carbocycles. The number of aliphatic hydroxyl groups excluding tert-OH is 1. The molecule has 25 heavy (non-hydrogen) atoms. The Morgan fingerprint density at radius 1 is 1.00 bits per heavy atom. The van der Waals surface area contributed by atoms with E-state index in [0.717, 1.165) is 37.9 Å². The summed E-state index contributed by atoms with van der Waals surface area (Å²) in [5, 5.41) is 15.1. The molecule has 134 valence electrons. The van der Waals surface area contributed by atoms with E-state index in [1.165, 1.54) is 37.7 Å². The molecule has 4 rings (SSSR count). The van der Waals surface area contributed by atoms with Gasteiger partial charge in [0.1, 0.15) is 6.10 Å². The minimum Gasteiger partial charge on any atom is -0.383 e. The molecule has 0 spiro atoms. The van der Waals surface area contributed by atoms with E-state index in [2.05, 4.69) is 15.1 Å². The SMILES string of the molecule is OC(c1nc(C2(c3ccncc3)CCC2)no1)C1CCCCCCC1. The lowest BCUT2D eigenvalue weighted by Crippen LogP contribution is -2.36. The number of pyridine rings is 1. The van der Waals surface area contributed by atoms with Gasteiger partial charge in [-0.1, -0.05) is 43.7 Å². The lowest BCUT2D eigenvalue weighted by atomic mass is 9.64. The van der Waals surface area contributed by atoms with Gasteiger partial charge in [0.05, 0.1) is 5.41 Å². The summed E-state index contributed by atoms with van der Waals surface area (Å²) in [6.07, 6.45) is 14.5. The Hall–Kier alpha value is -1.75. The minimum atomic E-state index is -0.631. The van der Waals surface area contributed by atoms with Gasteiger partial charge < -0.3 is 9.63 Å². The van der Waals surface area contributed by atoms with Crippen molar-refractivity contribution in [2.24, 2.45) is 5.92 Å². The molecule has 5 heteroatoms. The van der Waals surface area contributed by atoms with Crippen molar-refractivity contribution in [3.8, 4) is 0 Å². The molecule has 2 saturated carbocycles. The number of hydrogen-bond donors (Lipinski definition) is 1. The molecule has 1 atom stereocenters. The monoisotopic (exact) mass is 341 g/mol. The molecule has 2 aliphatic carbocycles. The Labute approximate surface area is 148 Å². The highest BCUT2D eigenvalue weighted by Crippen LogP contribution is 2.48. The molecule has 2 fully saturated rings. The van der Waals surface area contributed by atoms with E-state index < -0.39 is 6.10 Å². The minimum absolute atomic E-state index is 0.161. The standard InChI is InChI=1S/C20H27N3O2/c24-17(15-7-4-2-1-3-5-8-15)18-22-19(23-25-18)20(11-6-12-20)16-9-13-21-14-10-16/h9-10,13-15,17,24H,1-8,11-12H2. The van der Waals surface area contributed by atoms with Gasteiger partial charge in [-0.15, -0.1) is 0 Å². The average molecular weight is 341 g/mol. The summed E-state index contributed by atoms with van der Waals surface area (Å²) in [5.74, 6) is 1.37. The number of hydrogen-bond acceptors (Lipinski definition) is 5. The molecule has 0 aliphatic heterocycles. The smallest absolute Gasteiger partial charge is 0.255 e. The van der Waals surface area contributed by atoms with Crippen molar-refractivity contribution in [2.75, 3.05) is 0 Å². The van der Waals surface area contributed by atoms with Crippen LogP contribution >= 0.6 is 0 Å². The molecule has 0 amide bonds. The zero-order valence-electron chi connectivity index (χ0n) is 14.7. The van der Waals surface area contributed by atoms with Crippen molar-refractivity contribution in [1.29, 1.82) is 0 Å². The highest BCUT2D eigenvalue weighted by atomic mass is 16.5. The van der Waals surface area contributed by atoms with Gasteiger partial charge in [-0.2, -0.15) is 4.98 Å². The fraction of sp³-hybridized carbons (Fsp3) is 0.650. The Kier molecular flexibility index (Phi) is 4.84. The first-order chi connectivity index (χ1) is 12.3. The van der Waals surface area contributed by atoms with Crippen molar-refractivity contribution in [2.45, 2.75) is 75.7 Å². The Bertz CT molecular complexity index is 673. The quantitative estimate of drug-likeness (QED) is 0.896. The van der Waals surface area contributed by atoms with Crippen molar-refractivity contribution < 1.29 is 9.63 Å². The summed E-state index contributed by atoms with van der Waals surface area (Å²) in [6, 6.07) is 4.08. The summed E-state index contributed by atoms with van der Waals surface area (Å²) >= 11 is 0. The van der Waals surface area contributed by atoms with Gasteiger partial charge in [0.15, 0.2) is 5.82 Å². The number of aliphatic hydroxyl groups is 1. The zero-order chi connectivity index (χ0) is 17.1. The van der Waals surface area contributed by atoms with Gasteiger partial charge in [0, 0.05) is 12.4 Å². The second-order valence-corrected chi connectivity index (χ2v) is 7.68. The third-order valence-corrected chi connectivity index (χ3v) is 6.16. The van der Waals surface area contributed by atoms with Crippen LogP contribution in [-0.2, 0) is 5.41 Å². The number of aromatic nitrogens is 3. The Morgan fingerprint density at radius 3 is 2.32 bits per heavy atom. The van der Waals surface area contributed by atoms with Crippen LogP contribution in [0.15, 0.2) is 29.0 Å². The lowest BCUT2D eigenvalue weighted by molar-refractivity contribution is 0.0605. The maximum Gasteiger partial charge on any atom is 0.255 e. The zero-order valence-corrected chi connectivity index (χ0v) is 14.7. The topological polar surface area (TPSA) is 72.0 Å². The van der Waals surface area contributed by atoms with E-state index >= 15 is 0 Å². The molecule has 1 unspecified atom stereocenters. The van der Waals surface area contributed by atoms with Crippen LogP contribution in [-0.4, -0.2) is 20.2 Å². The first-order valence-electron chi connectivity index (χ1n) is 9.72. The number of rotatable bonds is 4. The molecule has 2 heterocycles. The summed E-state index contributed by atoms with van der Waals surface area (Å²) in [7, 11) is 0. The van der Waals surface area contributed by atoms with Gasteiger partial charge in [0.25, 0.3) is 5.89 Å². The lowest BCUT2D eigenvalue weighted by Gasteiger charge is -2.39. The molecule has 0 radical (unpaired) electrons. The van der Waals surface area contributed by atoms with Crippen molar-refractivity contribution in [3.63, 3.8) is 0 Å². The van der Waals surface area contributed by atoms with Gasteiger partial charge in [-0.3, -0.25) is 4.98 Å². The van der Waals surface area contributed by atoms with E-state index in [9.17, 15) is 5.11 Å². The summed E-state index contributed by atoms with van der Waals surface area (Å²) < 4.78 is 5.53. The molecule has 2 aromatic rings. The fourth-order valence-corrected chi connectivity index (χ4v) is 4.40. The second-order valence-electron chi connectivity index (χ2n) is 7.68. The van der Waals surface area contributed by atoms with Crippen molar-refractivity contribution >= 4 is 0 Å². The molecule has 2 aromatic heterocycles. The highest BCUT2D eigenvalue weighted by molar-refractivity contribution is 5.34. The van der Waals surface area contributed by atoms with Crippen LogP contribution in [0.5, 0.6) is 0 Å². The molecule has 0 saturated heterocycles. The predicted octanol–water partition coefficient (Wildman–Crippen LogP) is 4.33. The normalized spacial score (nSPS) is 22.6. The van der Waals surface area contributed by atoms with E-state index in [1.54, 1.807) is 0 Å². The average Bonchev–Trinajstić information content (AvgIpc) is 3.04. The maximum absolute atomic E-state index is 10.8. The van der Waals surface area contributed by atoms with Gasteiger partial charge in [-0.25, -0.2) is 0 Å². The van der Waals surface area contributed by atoms with Crippen LogP contribution < -0.4 is 0 Å². The van der Waals surface area contributed by atoms with E-state index in [-0.39, 0.29) is 11.3 Å². The predicted molar refractivity (Wildman–Crippen MR) is 93.9 cm³/mol. The van der Waals surface area contributed by atoms with Crippen LogP contribution in [0.25, 0.3) is 0 Å². The molecule has 0 bridgehead atoms. The van der Waals surface area contributed by atoms with Gasteiger partial charge >= 0.3 is 0 Å². The van der Waals surface area contributed by atoms with Crippen LogP contribution in [0.2, 0.25) is 0 Å². The first kappa shape index (κ1) is 16.7. The van der Waals surface area contributed by atoms with E-state index in [1.807, 2.05) is 24.5 Å². The molecule has 5 nitrogen and oxygen atoms in total. The highest BCUT2D eigenvalue weighted by Gasteiger charge is 2.45. The van der Waals surface area contributed by atoms with Crippen LogP contribution in [0.3, 0.4) is 0 Å². The Morgan fingerprint density at radius 2 is 1.68 bits per heavy atom. The van der Waals surface area contributed by atoms with Gasteiger partial charge in [0.2, 0.25) is 0 Å². The molecule has 1 N–H and O–H groups in total. The Balaban J connectivity index is 1.55. The van der Waals surface area contributed by atoms with Crippen molar-refractivity contribution in [3.05, 3.63) is 41.8 Å². The van der Waals surface area contributed by atoms with E-state index in [4.69, 9.17) is 4.52 Å². The maximum atomic E-state index is 10.8. The van der Waals surface area contributed by atoms with Crippen molar-refractivity contribution in [1.82, 2.24) is 15.1 Å². The molecular weight excluding hydrogens is 314 g/mol. The third-order valence-electron chi connectivity index (χ3n) is 6.16. The summed E-state index contributed by atoms with van der Waals surface area (Å²) in [4.78, 5) is 8.78. The molecule has 2 aliphatic rings. The second kappa shape index (κ2) is 7.24.